The van der Waals surface area contributed by atoms with Crippen molar-refractivity contribution in [3.05, 3.63) is 82.9 Å². The van der Waals surface area contributed by atoms with Gasteiger partial charge in [-0.3, -0.25) is 9.59 Å². The van der Waals surface area contributed by atoms with Gasteiger partial charge in [-0.15, -0.1) is 0 Å². The molecule has 0 aliphatic heterocycles. The van der Waals surface area contributed by atoms with E-state index in [0.29, 0.717) is 22.3 Å². The average Bonchev–Trinajstić information content (AvgIpc) is 2.61. The van der Waals surface area contributed by atoms with E-state index in [0.717, 1.165) is 22.3 Å². The summed E-state index contributed by atoms with van der Waals surface area (Å²) in [5, 5.41) is 0. The first kappa shape index (κ1) is 17.4. The van der Waals surface area contributed by atoms with Crippen LogP contribution in [-0.2, 0) is 0 Å². The molecule has 0 saturated carbocycles. The third-order valence-electron chi connectivity index (χ3n) is 4.42. The topological polar surface area (TPSA) is 86.2 Å². The molecule has 0 spiro atoms. The average molecular weight is 344 g/mol. The van der Waals surface area contributed by atoms with Crippen molar-refractivity contribution >= 4 is 11.8 Å². The molecule has 4 heteroatoms. The molecule has 3 rings (SSSR count). The lowest BCUT2D eigenvalue weighted by atomic mass is 9.86. The molecular weight excluding hydrogens is 324 g/mol. The molecule has 3 aromatic carbocycles. The molecule has 4 N–H and O–H groups in total. The summed E-state index contributed by atoms with van der Waals surface area (Å²) in [6, 6.07) is 18.6. The van der Waals surface area contributed by atoms with Crippen molar-refractivity contribution in [1.29, 1.82) is 0 Å². The van der Waals surface area contributed by atoms with E-state index >= 15 is 0 Å². The second-order valence-corrected chi connectivity index (χ2v) is 6.37. The molecule has 26 heavy (non-hydrogen) atoms. The van der Waals surface area contributed by atoms with Crippen LogP contribution in [0.15, 0.2) is 60.7 Å². The zero-order valence-corrected chi connectivity index (χ0v) is 14.7. The Morgan fingerprint density at radius 1 is 0.577 bits per heavy atom. The summed E-state index contributed by atoms with van der Waals surface area (Å²) < 4.78 is 0. The van der Waals surface area contributed by atoms with Crippen molar-refractivity contribution in [2.45, 2.75) is 13.8 Å². The zero-order valence-electron chi connectivity index (χ0n) is 14.7. The fourth-order valence-corrected chi connectivity index (χ4v) is 3.05. The van der Waals surface area contributed by atoms with E-state index in [-0.39, 0.29) is 0 Å². The minimum Gasteiger partial charge on any atom is -0.366 e. The van der Waals surface area contributed by atoms with Gasteiger partial charge in [0, 0.05) is 22.3 Å². The van der Waals surface area contributed by atoms with Crippen molar-refractivity contribution in [2.24, 2.45) is 11.5 Å². The van der Waals surface area contributed by atoms with E-state index in [2.05, 4.69) is 0 Å². The summed E-state index contributed by atoms with van der Waals surface area (Å²) in [5.74, 6) is -1.10. The highest BCUT2D eigenvalue weighted by Crippen LogP contribution is 2.38. The molecule has 0 saturated heterocycles. The third-order valence-corrected chi connectivity index (χ3v) is 4.42. The molecule has 0 unspecified atom stereocenters. The number of hydrogen-bond donors (Lipinski definition) is 2. The monoisotopic (exact) mass is 344 g/mol. The van der Waals surface area contributed by atoms with Crippen LogP contribution in [0.5, 0.6) is 0 Å². The zero-order chi connectivity index (χ0) is 18.8. The summed E-state index contributed by atoms with van der Waals surface area (Å²) in [5.41, 5.74) is 17.0. The molecule has 0 aliphatic rings. The third kappa shape index (κ3) is 3.22. The highest BCUT2D eigenvalue weighted by atomic mass is 16.1. The first-order chi connectivity index (χ1) is 12.4. The normalized spacial score (nSPS) is 10.5. The second kappa shape index (κ2) is 6.84. The predicted octanol–water partition coefficient (Wildman–Crippen LogP) is 3.84. The molecule has 130 valence electrons. The summed E-state index contributed by atoms with van der Waals surface area (Å²) in [7, 11) is 0. The maximum absolute atomic E-state index is 12.1. The number of benzene rings is 3. The van der Waals surface area contributed by atoms with Gasteiger partial charge >= 0.3 is 0 Å². The Labute approximate surface area is 152 Å². The molecule has 0 bridgehead atoms. The van der Waals surface area contributed by atoms with Crippen molar-refractivity contribution in [2.75, 3.05) is 0 Å². The number of primary amides is 2. The molecule has 0 fully saturated rings. The summed E-state index contributed by atoms with van der Waals surface area (Å²) in [4.78, 5) is 24.2. The van der Waals surface area contributed by atoms with Gasteiger partial charge in [0.1, 0.15) is 0 Å². The van der Waals surface area contributed by atoms with Crippen LogP contribution in [0.25, 0.3) is 22.3 Å². The lowest BCUT2D eigenvalue weighted by Gasteiger charge is -2.17. The fraction of sp³-hybridized carbons (Fsp3) is 0.0909. The minimum atomic E-state index is -0.551. The Kier molecular flexibility index (Phi) is 4.59. The highest BCUT2D eigenvalue weighted by Gasteiger charge is 2.21. The summed E-state index contributed by atoms with van der Waals surface area (Å²) in [6.07, 6.45) is 0. The van der Waals surface area contributed by atoms with Gasteiger partial charge in [0.25, 0.3) is 0 Å². The number of nitrogens with two attached hydrogens (primary N) is 2. The number of hydrogen-bond acceptors (Lipinski definition) is 2. The van der Waals surface area contributed by atoms with Crippen molar-refractivity contribution in [3.63, 3.8) is 0 Å². The quantitative estimate of drug-likeness (QED) is 0.753. The summed E-state index contributed by atoms with van der Waals surface area (Å²) >= 11 is 0. The van der Waals surface area contributed by atoms with Gasteiger partial charge in [-0.2, -0.15) is 0 Å². The van der Waals surface area contributed by atoms with Crippen molar-refractivity contribution in [3.8, 4) is 22.3 Å². The van der Waals surface area contributed by atoms with Gasteiger partial charge < -0.3 is 11.5 Å². The molecule has 0 heterocycles. The highest BCUT2D eigenvalue weighted by molar-refractivity contribution is 6.10. The van der Waals surface area contributed by atoms with Crippen LogP contribution in [0.3, 0.4) is 0 Å². The van der Waals surface area contributed by atoms with E-state index in [1.54, 1.807) is 12.1 Å². The van der Waals surface area contributed by atoms with Crippen LogP contribution in [0.1, 0.15) is 31.8 Å². The van der Waals surface area contributed by atoms with E-state index in [1.165, 1.54) is 0 Å². The second-order valence-electron chi connectivity index (χ2n) is 6.37. The Hall–Kier alpha value is -3.40. The predicted molar refractivity (Wildman–Crippen MR) is 104 cm³/mol. The Morgan fingerprint density at radius 2 is 0.885 bits per heavy atom. The number of carbonyl (C=O) groups is 2. The van der Waals surface area contributed by atoms with Gasteiger partial charge in [0.05, 0.1) is 0 Å². The van der Waals surface area contributed by atoms with E-state index in [4.69, 9.17) is 11.5 Å². The van der Waals surface area contributed by atoms with Gasteiger partial charge in [0.15, 0.2) is 0 Å². The van der Waals surface area contributed by atoms with Gasteiger partial charge in [-0.1, -0.05) is 59.7 Å². The molecule has 0 aliphatic carbocycles. The lowest BCUT2D eigenvalue weighted by Crippen LogP contribution is -2.17. The standard InChI is InChI=1S/C22H20N2O2/c1-13-3-7-15(8-4-13)19-17(21(23)25)11-12-18(22(24)26)20(19)16-9-5-14(2)6-10-16/h3-12H,1-2H3,(H2,23,25)(H2,24,26). The van der Waals surface area contributed by atoms with Crippen LogP contribution < -0.4 is 11.5 Å². The lowest BCUT2D eigenvalue weighted by molar-refractivity contribution is 0.0989. The smallest absolute Gasteiger partial charge is 0.249 e. The maximum Gasteiger partial charge on any atom is 0.249 e. The number of rotatable bonds is 4. The van der Waals surface area contributed by atoms with Crippen molar-refractivity contribution < 1.29 is 9.59 Å². The molecule has 0 radical (unpaired) electrons. The van der Waals surface area contributed by atoms with E-state index in [1.807, 2.05) is 62.4 Å². The molecular formula is C22H20N2O2. The van der Waals surface area contributed by atoms with Crippen LogP contribution in [0.2, 0.25) is 0 Å². The van der Waals surface area contributed by atoms with Gasteiger partial charge in [-0.25, -0.2) is 0 Å². The Balaban J connectivity index is 2.42. The fourth-order valence-electron chi connectivity index (χ4n) is 3.05. The first-order valence-electron chi connectivity index (χ1n) is 8.29. The number of aryl methyl sites for hydroxylation is 2. The van der Waals surface area contributed by atoms with Crippen LogP contribution in [0, 0.1) is 13.8 Å². The largest absolute Gasteiger partial charge is 0.366 e. The van der Waals surface area contributed by atoms with Gasteiger partial charge in [0.2, 0.25) is 11.8 Å². The Bertz CT molecular complexity index is 905. The molecule has 3 aromatic rings. The molecule has 0 atom stereocenters. The minimum absolute atomic E-state index is 0.356. The molecule has 4 nitrogen and oxygen atoms in total. The van der Waals surface area contributed by atoms with Crippen molar-refractivity contribution in [1.82, 2.24) is 0 Å². The molecule has 2 amide bonds. The van der Waals surface area contributed by atoms with Crippen LogP contribution >= 0.6 is 0 Å². The SMILES string of the molecule is Cc1ccc(-c2c(C(N)=O)ccc(C(N)=O)c2-c2ccc(C)cc2)cc1. The van der Waals surface area contributed by atoms with Crippen LogP contribution in [0.4, 0.5) is 0 Å². The van der Waals surface area contributed by atoms with Crippen LogP contribution in [-0.4, -0.2) is 11.8 Å². The first-order valence-corrected chi connectivity index (χ1v) is 8.29. The van der Waals surface area contributed by atoms with E-state index in [9.17, 15) is 9.59 Å². The number of carbonyl (C=O) groups excluding carboxylic acids is 2. The van der Waals surface area contributed by atoms with E-state index < -0.39 is 11.8 Å². The molecule has 0 aromatic heterocycles. The Morgan fingerprint density at radius 3 is 1.15 bits per heavy atom. The van der Waals surface area contributed by atoms with Gasteiger partial charge in [-0.05, 0) is 37.1 Å². The number of amides is 2. The maximum atomic E-state index is 12.1. The summed E-state index contributed by atoms with van der Waals surface area (Å²) in [6.45, 7) is 3.97.